The van der Waals surface area contributed by atoms with Crippen molar-refractivity contribution in [2.24, 2.45) is 0 Å². The molecule has 1 heterocycles. The Morgan fingerprint density at radius 1 is 1.45 bits per heavy atom. The van der Waals surface area contributed by atoms with Gasteiger partial charge in [-0.15, -0.1) is 0 Å². The fraction of sp³-hybridized carbons (Fsp3) is 0.857. The molecule has 0 bridgehead atoms. The fourth-order valence-corrected chi connectivity index (χ4v) is 0.945. The van der Waals surface area contributed by atoms with Crippen LogP contribution in [0.3, 0.4) is 0 Å². The van der Waals surface area contributed by atoms with E-state index in [1.54, 1.807) is 0 Å². The van der Waals surface area contributed by atoms with Gasteiger partial charge in [0.15, 0.2) is 6.29 Å². The van der Waals surface area contributed by atoms with Gasteiger partial charge in [0.2, 0.25) is 0 Å². The molecule has 1 N–H and O–H groups in total. The molecule has 1 aliphatic rings. The first-order valence-electron chi connectivity index (χ1n) is 3.74. The predicted molar refractivity (Wildman–Crippen MR) is 37.2 cm³/mol. The largest absolute Gasteiger partial charge is 0.481 e. The highest BCUT2D eigenvalue weighted by Crippen LogP contribution is 2.09. The van der Waals surface area contributed by atoms with Gasteiger partial charge >= 0.3 is 5.97 Å². The molecule has 0 aromatic rings. The van der Waals surface area contributed by atoms with Crippen molar-refractivity contribution in [1.29, 1.82) is 0 Å². The van der Waals surface area contributed by atoms with Crippen molar-refractivity contribution in [2.45, 2.75) is 25.6 Å². The van der Waals surface area contributed by atoms with Gasteiger partial charge in [0.1, 0.15) is 0 Å². The molecular weight excluding hydrogens is 148 g/mol. The molecule has 0 aliphatic carbocycles. The van der Waals surface area contributed by atoms with Crippen LogP contribution < -0.4 is 0 Å². The summed E-state index contributed by atoms with van der Waals surface area (Å²) < 4.78 is 10.3. The zero-order valence-corrected chi connectivity index (χ0v) is 6.28. The quantitative estimate of drug-likeness (QED) is 0.657. The average molecular weight is 160 g/mol. The average Bonchev–Trinajstić information content (AvgIpc) is 2.03. The normalized spacial score (nSPS) is 20.0. The second kappa shape index (κ2) is 4.31. The van der Waals surface area contributed by atoms with E-state index in [4.69, 9.17) is 14.6 Å². The summed E-state index contributed by atoms with van der Waals surface area (Å²) in [6, 6.07) is 0. The number of hydrogen-bond donors (Lipinski definition) is 1. The summed E-state index contributed by atoms with van der Waals surface area (Å²) in [6.45, 7) is 1.37. The third-order valence-electron chi connectivity index (χ3n) is 1.49. The van der Waals surface area contributed by atoms with Crippen LogP contribution in [0.5, 0.6) is 0 Å². The molecule has 0 spiro atoms. The Labute approximate surface area is 65.1 Å². The van der Waals surface area contributed by atoms with Gasteiger partial charge in [-0.1, -0.05) is 0 Å². The van der Waals surface area contributed by atoms with Gasteiger partial charge in [-0.25, -0.2) is 0 Å². The van der Waals surface area contributed by atoms with Crippen molar-refractivity contribution in [1.82, 2.24) is 0 Å². The lowest BCUT2D eigenvalue weighted by Crippen LogP contribution is -2.25. The second-order valence-electron chi connectivity index (χ2n) is 2.46. The van der Waals surface area contributed by atoms with Crippen LogP contribution in [0.25, 0.3) is 0 Å². The van der Waals surface area contributed by atoms with Crippen molar-refractivity contribution < 1.29 is 19.4 Å². The first-order chi connectivity index (χ1) is 5.29. The lowest BCUT2D eigenvalue weighted by atomic mass is 10.3. The number of aliphatic carboxylic acids is 1. The Balaban J connectivity index is 2.09. The van der Waals surface area contributed by atoms with Crippen molar-refractivity contribution in [3.63, 3.8) is 0 Å². The van der Waals surface area contributed by atoms with Crippen molar-refractivity contribution >= 4 is 5.97 Å². The maximum Gasteiger partial charge on any atom is 0.303 e. The first kappa shape index (κ1) is 8.49. The van der Waals surface area contributed by atoms with Crippen LogP contribution in [0.15, 0.2) is 0 Å². The van der Waals surface area contributed by atoms with Crippen molar-refractivity contribution in [3.05, 3.63) is 0 Å². The number of hydrogen-bond acceptors (Lipinski definition) is 3. The summed E-state index contributed by atoms with van der Waals surface area (Å²) in [5.41, 5.74) is 0. The lowest BCUT2D eigenvalue weighted by Gasteiger charge is -2.22. The van der Waals surface area contributed by atoms with E-state index in [0.717, 1.165) is 6.42 Å². The molecule has 0 unspecified atom stereocenters. The van der Waals surface area contributed by atoms with Gasteiger partial charge in [0.25, 0.3) is 0 Å². The third-order valence-corrected chi connectivity index (χ3v) is 1.49. The van der Waals surface area contributed by atoms with E-state index in [1.165, 1.54) is 0 Å². The third kappa shape index (κ3) is 3.34. The van der Waals surface area contributed by atoms with E-state index in [0.29, 0.717) is 19.6 Å². The van der Waals surface area contributed by atoms with Crippen LogP contribution in [0.2, 0.25) is 0 Å². The van der Waals surface area contributed by atoms with E-state index < -0.39 is 5.97 Å². The Bertz CT molecular complexity index is 128. The first-order valence-corrected chi connectivity index (χ1v) is 3.74. The van der Waals surface area contributed by atoms with E-state index in [-0.39, 0.29) is 12.7 Å². The molecule has 0 aromatic heterocycles. The summed E-state index contributed by atoms with van der Waals surface area (Å²) in [6.07, 6.45) is 1.18. The second-order valence-corrected chi connectivity index (χ2v) is 2.46. The highest BCUT2D eigenvalue weighted by atomic mass is 16.7. The van der Waals surface area contributed by atoms with Crippen molar-refractivity contribution in [3.8, 4) is 0 Å². The molecule has 0 aromatic carbocycles. The van der Waals surface area contributed by atoms with Gasteiger partial charge in [-0.3, -0.25) is 4.79 Å². The molecule has 1 aliphatic heterocycles. The minimum absolute atomic E-state index is 0.116. The molecule has 0 atom stereocenters. The van der Waals surface area contributed by atoms with Gasteiger partial charge in [-0.2, -0.15) is 0 Å². The smallest absolute Gasteiger partial charge is 0.303 e. The highest BCUT2D eigenvalue weighted by molar-refractivity contribution is 5.66. The molecule has 1 saturated heterocycles. The Kier molecular flexibility index (Phi) is 3.32. The summed E-state index contributed by atoms with van der Waals surface area (Å²) >= 11 is 0. The van der Waals surface area contributed by atoms with E-state index >= 15 is 0 Å². The standard InChI is InChI=1S/C7H12O4/c8-6(9)2-3-7-10-4-1-5-11-7/h7H,1-5H2,(H,8,9). The van der Waals surface area contributed by atoms with Crippen LogP contribution >= 0.6 is 0 Å². The maximum atomic E-state index is 10.1. The predicted octanol–water partition coefficient (Wildman–Crippen LogP) is 0.614. The van der Waals surface area contributed by atoms with Crippen LogP contribution in [-0.4, -0.2) is 30.6 Å². The monoisotopic (exact) mass is 160 g/mol. The van der Waals surface area contributed by atoms with Crippen LogP contribution in [-0.2, 0) is 14.3 Å². The zero-order chi connectivity index (χ0) is 8.10. The minimum atomic E-state index is -0.803. The summed E-state index contributed by atoms with van der Waals surface area (Å²) in [4.78, 5) is 10.1. The minimum Gasteiger partial charge on any atom is -0.481 e. The Morgan fingerprint density at radius 2 is 2.09 bits per heavy atom. The maximum absolute atomic E-state index is 10.1. The summed E-state index contributed by atoms with van der Waals surface area (Å²) in [5, 5.41) is 8.33. The number of rotatable bonds is 3. The van der Waals surface area contributed by atoms with E-state index in [9.17, 15) is 4.79 Å². The molecule has 1 rings (SSSR count). The van der Waals surface area contributed by atoms with Gasteiger partial charge in [-0.05, 0) is 6.42 Å². The van der Waals surface area contributed by atoms with Gasteiger partial charge < -0.3 is 14.6 Å². The van der Waals surface area contributed by atoms with Crippen LogP contribution in [0, 0.1) is 0 Å². The number of carbonyl (C=O) groups is 1. The lowest BCUT2D eigenvalue weighted by molar-refractivity contribution is -0.183. The molecule has 11 heavy (non-hydrogen) atoms. The Hall–Kier alpha value is -0.610. The van der Waals surface area contributed by atoms with Crippen molar-refractivity contribution in [2.75, 3.05) is 13.2 Å². The van der Waals surface area contributed by atoms with Gasteiger partial charge in [0, 0.05) is 6.42 Å². The topological polar surface area (TPSA) is 55.8 Å². The zero-order valence-electron chi connectivity index (χ0n) is 6.28. The number of carboxylic acids is 1. The summed E-state index contributed by atoms with van der Waals surface area (Å²) in [5.74, 6) is -0.803. The molecule has 0 radical (unpaired) electrons. The van der Waals surface area contributed by atoms with E-state index in [2.05, 4.69) is 0 Å². The molecule has 0 amide bonds. The van der Waals surface area contributed by atoms with Crippen LogP contribution in [0.4, 0.5) is 0 Å². The molecule has 4 nitrogen and oxygen atoms in total. The molecule has 64 valence electrons. The SMILES string of the molecule is O=C(O)CCC1OCCCO1. The highest BCUT2D eigenvalue weighted by Gasteiger charge is 2.14. The Morgan fingerprint density at radius 3 is 2.64 bits per heavy atom. The molecule has 0 saturated carbocycles. The molecule has 4 heteroatoms. The molecular formula is C7H12O4. The van der Waals surface area contributed by atoms with Gasteiger partial charge in [0.05, 0.1) is 19.6 Å². The summed E-state index contributed by atoms with van der Waals surface area (Å²) in [7, 11) is 0. The number of carboxylic acid groups (broad SMARTS) is 1. The fourth-order valence-electron chi connectivity index (χ4n) is 0.945. The number of ether oxygens (including phenoxy) is 2. The van der Waals surface area contributed by atoms with E-state index in [1.807, 2.05) is 0 Å². The van der Waals surface area contributed by atoms with Crippen LogP contribution in [0.1, 0.15) is 19.3 Å². The molecule has 1 fully saturated rings.